The molecule has 0 aromatic heterocycles. The van der Waals surface area contributed by atoms with E-state index >= 15 is 0 Å². The first-order chi connectivity index (χ1) is 23.8. The minimum Gasteiger partial charge on any atom is -0.457 e. The summed E-state index contributed by atoms with van der Waals surface area (Å²) in [5.41, 5.74) is 0. The third-order valence-corrected chi connectivity index (χ3v) is 9.65. The summed E-state index contributed by atoms with van der Waals surface area (Å²) in [6.45, 7) is 3.51. The topological polar surface area (TPSA) is 132 Å². The van der Waals surface area contributed by atoms with Gasteiger partial charge >= 0.3 is 13.8 Å². The first-order valence-corrected chi connectivity index (χ1v) is 21.7. The Morgan fingerprint density at radius 2 is 1.04 bits per heavy atom. The number of allylic oxidation sites excluding steroid dienone is 2. The molecular weight excluding hydrogens is 643 g/mol. The van der Waals surface area contributed by atoms with Crippen LogP contribution in [0.4, 0.5) is 0 Å². The van der Waals surface area contributed by atoms with E-state index in [1.807, 2.05) is 0 Å². The molecule has 0 heterocycles. The van der Waals surface area contributed by atoms with E-state index in [0.29, 0.717) is 6.61 Å². The minimum absolute atomic E-state index is 0.0531. The normalized spacial score (nSPS) is 14.3. The van der Waals surface area contributed by atoms with E-state index in [-0.39, 0.29) is 25.6 Å². The van der Waals surface area contributed by atoms with Crippen molar-refractivity contribution in [2.45, 2.75) is 199 Å². The highest BCUT2D eigenvalue weighted by molar-refractivity contribution is 7.47. The Morgan fingerprint density at radius 1 is 0.612 bits per heavy atom. The quantitative estimate of drug-likeness (QED) is 0.0246. The zero-order valence-electron chi connectivity index (χ0n) is 31.7. The van der Waals surface area contributed by atoms with Crippen molar-refractivity contribution in [2.24, 2.45) is 0 Å². The minimum atomic E-state index is -4.50. The molecule has 0 aliphatic carbocycles. The number of aliphatic hydroxyl groups excluding tert-OH is 2. The smallest absolute Gasteiger partial charge is 0.457 e. The molecule has 9 nitrogen and oxygen atoms in total. The second-order valence-corrected chi connectivity index (χ2v) is 15.1. The number of aliphatic hydroxyl groups is 2. The van der Waals surface area contributed by atoms with E-state index in [0.717, 1.165) is 32.1 Å². The fourth-order valence-corrected chi connectivity index (χ4v) is 6.37. The summed E-state index contributed by atoms with van der Waals surface area (Å²) in [4.78, 5) is 22.5. The standard InChI is InChI=1S/C39H77O9P/c1-3-5-7-9-11-13-14-15-16-17-18-19-20-21-22-23-25-27-29-31-39(42)48-38(36-47-49(43,44)46-34-37(41)33-40)35-45-32-30-28-26-24-12-10-8-6-4-2/h15-16,37-38,40-41H,3-14,17-36H2,1-2H3,(H,43,44)/b16-15-. The molecule has 49 heavy (non-hydrogen) atoms. The maximum atomic E-state index is 12.6. The van der Waals surface area contributed by atoms with Crippen molar-refractivity contribution >= 4 is 13.8 Å². The Balaban J connectivity index is 4.10. The van der Waals surface area contributed by atoms with Gasteiger partial charge < -0.3 is 24.6 Å². The molecule has 3 atom stereocenters. The predicted octanol–water partition coefficient (Wildman–Crippen LogP) is 10.5. The van der Waals surface area contributed by atoms with Gasteiger partial charge in [0, 0.05) is 13.0 Å². The fraction of sp³-hybridized carbons (Fsp3) is 0.923. The van der Waals surface area contributed by atoms with Gasteiger partial charge in [-0.05, 0) is 38.5 Å². The van der Waals surface area contributed by atoms with Crippen molar-refractivity contribution < 1.29 is 43.0 Å². The number of ether oxygens (including phenoxy) is 2. The van der Waals surface area contributed by atoms with Gasteiger partial charge in [-0.15, -0.1) is 0 Å². The molecule has 0 aromatic rings. The molecule has 3 N–H and O–H groups in total. The fourth-order valence-electron chi connectivity index (χ4n) is 5.59. The van der Waals surface area contributed by atoms with Crippen molar-refractivity contribution in [1.82, 2.24) is 0 Å². The van der Waals surface area contributed by atoms with Gasteiger partial charge in [-0.1, -0.05) is 154 Å². The lowest BCUT2D eigenvalue weighted by atomic mass is 10.1. The van der Waals surface area contributed by atoms with E-state index < -0.39 is 33.2 Å². The first-order valence-electron chi connectivity index (χ1n) is 20.2. The molecule has 0 spiro atoms. The Labute approximate surface area is 300 Å². The third kappa shape index (κ3) is 36.8. The molecule has 0 aliphatic heterocycles. The molecule has 0 saturated carbocycles. The number of unbranched alkanes of at least 4 members (excludes halogenated alkanes) is 23. The maximum absolute atomic E-state index is 12.6. The van der Waals surface area contributed by atoms with Crippen molar-refractivity contribution in [3.63, 3.8) is 0 Å². The summed E-state index contributed by atoms with van der Waals surface area (Å²) in [5.74, 6) is -0.384. The Kier molecular flexibility index (Phi) is 36.4. The lowest BCUT2D eigenvalue weighted by molar-refractivity contribution is -0.154. The number of carbonyl (C=O) groups excluding carboxylic acids is 1. The molecule has 0 rings (SSSR count). The second-order valence-electron chi connectivity index (χ2n) is 13.7. The van der Waals surface area contributed by atoms with Crippen LogP contribution < -0.4 is 0 Å². The lowest BCUT2D eigenvalue weighted by Crippen LogP contribution is -2.29. The van der Waals surface area contributed by atoms with Gasteiger partial charge in [0.1, 0.15) is 12.2 Å². The number of esters is 1. The number of carbonyl (C=O) groups is 1. The van der Waals surface area contributed by atoms with Gasteiger partial charge in [0.25, 0.3) is 0 Å². The molecule has 0 radical (unpaired) electrons. The van der Waals surface area contributed by atoms with Gasteiger partial charge in [0.05, 0.1) is 26.4 Å². The van der Waals surface area contributed by atoms with Gasteiger partial charge in [-0.3, -0.25) is 13.8 Å². The van der Waals surface area contributed by atoms with Crippen LogP contribution >= 0.6 is 7.82 Å². The molecular formula is C39H77O9P. The monoisotopic (exact) mass is 721 g/mol. The summed E-state index contributed by atoms with van der Waals surface area (Å²) in [5, 5.41) is 18.3. The van der Waals surface area contributed by atoms with Gasteiger partial charge in [0.2, 0.25) is 0 Å². The van der Waals surface area contributed by atoms with Gasteiger partial charge in [0.15, 0.2) is 0 Å². The second kappa shape index (κ2) is 37.0. The average molecular weight is 721 g/mol. The van der Waals surface area contributed by atoms with E-state index in [9.17, 15) is 19.4 Å². The van der Waals surface area contributed by atoms with Crippen LogP contribution in [0, 0.1) is 0 Å². The summed E-state index contributed by atoms with van der Waals surface area (Å²) in [6.07, 6.45) is 34.6. The number of rotatable bonds is 39. The highest BCUT2D eigenvalue weighted by Gasteiger charge is 2.26. The summed E-state index contributed by atoms with van der Waals surface area (Å²) in [7, 11) is -4.50. The lowest BCUT2D eigenvalue weighted by Gasteiger charge is -2.20. The van der Waals surface area contributed by atoms with Crippen molar-refractivity contribution in [1.29, 1.82) is 0 Å². The number of phosphoric ester groups is 1. The van der Waals surface area contributed by atoms with E-state index in [4.69, 9.17) is 23.6 Å². The van der Waals surface area contributed by atoms with Gasteiger partial charge in [-0.2, -0.15) is 0 Å². The highest BCUT2D eigenvalue weighted by Crippen LogP contribution is 2.43. The number of hydrogen-bond donors (Lipinski definition) is 3. The van der Waals surface area contributed by atoms with Crippen LogP contribution in [-0.4, -0.2) is 66.3 Å². The van der Waals surface area contributed by atoms with E-state index in [1.54, 1.807) is 0 Å². The van der Waals surface area contributed by atoms with Crippen LogP contribution in [0.5, 0.6) is 0 Å². The van der Waals surface area contributed by atoms with Crippen LogP contribution in [0.2, 0.25) is 0 Å². The molecule has 0 bridgehead atoms. The zero-order valence-corrected chi connectivity index (χ0v) is 32.6. The Bertz CT molecular complexity index is 780. The Morgan fingerprint density at radius 3 is 1.53 bits per heavy atom. The highest BCUT2D eigenvalue weighted by atomic mass is 31.2. The molecule has 0 saturated heterocycles. The van der Waals surface area contributed by atoms with E-state index in [1.165, 1.54) is 135 Å². The molecule has 3 unspecified atom stereocenters. The first kappa shape index (κ1) is 48.2. The summed E-state index contributed by atoms with van der Waals surface area (Å²) < 4.78 is 33.2. The Hall–Kier alpha value is -0.800. The van der Waals surface area contributed by atoms with Crippen LogP contribution in [0.1, 0.15) is 187 Å². The van der Waals surface area contributed by atoms with Crippen molar-refractivity contribution in [3.05, 3.63) is 12.2 Å². The summed E-state index contributed by atoms with van der Waals surface area (Å²) >= 11 is 0. The van der Waals surface area contributed by atoms with E-state index in [2.05, 4.69) is 26.0 Å². The molecule has 292 valence electrons. The third-order valence-electron chi connectivity index (χ3n) is 8.70. The van der Waals surface area contributed by atoms with Crippen LogP contribution in [0.15, 0.2) is 12.2 Å². The van der Waals surface area contributed by atoms with Crippen LogP contribution in [0.25, 0.3) is 0 Å². The largest absolute Gasteiger partial charge is 0.472 e. The average Bonchev–Trinajstić information content (AvgIpc) is 3.09. The maximum Gasteiger partial charge on any atom is 0.472 e. The number of hydrogen-bond acceptors (Lipinski definition) is 8. The van der Waals surface area contributed by atoms with Gasteiger partial charge in [-0.25, -0.2) is 4.57 Å². The molecule has 0 aliphatic rings. The predicted molar refractivity (Wildman–Crippen MR) is 201 cm³/mol. The summed E-state index contributed by atoms with van der Waals surface area (Å²) in [6, 6.07) is 0. The van der Waals surface area contributed by atoms with Crippen molar-refractivity contribution in [3.8, 4) is 0 Å². The van der Waals surface area contributed by atoms with Crippen LogP contribution in [0.3, 0.4) is 0 Å². The zero-order chi connectivity index (χ0) is 36.1. The molecule has 0 fully saturated rings. The van der Waals surface area contributed by atoms with Crippen LogP contribution in [-0.2, 0) is 27.9 Å². The molecule has 10 heteroatoms. The number of phosphoric acid groups is 1. The molecule has 0 aromatic carbocycles. The van der Waals surface area contributed by atoms with Crippen molar-refractivity contribution in [2.75, 3.05) is 33.0 Å². The molecule has 0 amide bonds. The SMILES string of the molecule is CCCCCCCC/C=C\CCCCCCCCCCCC(=O)OC(COCCCCCCCCCCC)COP(=O)(O)OCC(O)CO.